The fourth-order valence-electron chi connectivity index (χ4n) is 5.72. The van der Waals surface area contributed by atoms with Gasteiger partial charge in [-0.3, -0.25) is 9.69 Å². The van der Waals surface area contributed by atoms with Crippen LogP contribution in [0.15, 0.2) is 36.4 Å². The van der Waals surface area contributed by atoms with Gasteiger partial charge in [0.2, 0.25) is 5.91 Å². The third-order valence-electron chi connectivity index (χ3n) is 7.69. The molecule has 0 bridgehead atoms. The first-order valence-electron chi connectivity index (χ1n) is 14.8. The SMILES string of the molecule is CC(CN1CCCC1)Oc1cc(Cl)ccc1C1CCN(C(=O)[C@@H](Cc2ccc(Cl)cc2Cl)NC(=O)OC(C)(C)C)CC1. The summed E-state index contributed by atoms with van der Waals surface area (Å²) in [6.07, 6.45) is 3.64. The second-order valence-corrected chi connectivity index (χ2v) is 13.6. The minimum atomic E-state index is -0.837. The Balaban J connectivity index is 1.43. The highest BCUT2D eigenvalue weighted by Crippen LogP contribution is 2.37. The van der Waals surface area contributed by atoms with E-state index >= 15 is 0 Å². The molecule has 0 aromatic heterocycles. The summed E-state index contributed by atoms with van der Waals surface area (Å²) in [6.45, 7) is 11.7. The van der Waals surface area contributed by atoms with Gasteiger partial charge >= 0.3 is 6.09 Å². The summed E-state index contributed by atoms with van der Waals surface area (Å²) in [5, 5.41) is 4.38. The maximum absolute atomic E-state index is 13.8. The van der Waals surface area contributed by atoms with Crippen LogP contribution >= 0.6 is 34.8 Å². The first kappa shape index (κ1) is 32.7. The highest BCUT2D eigenvalue weighted by atomic mass is 35.5. The van der Waals surface area contributed by atoms with Crippen LogP contribution in [-0.4, -0.2) is 72.3 Å². The molecule has 2 aliphatic heterocycles. The van der Waals surface area contributed by atoms with E-state index in [-0.39, 0.29) is 24.3 Å². The van der Waals surface area contributed by atoms with Crippen molar-refractivity contribution in [1.82, 2.24) is 15.1 Å². The third-order valence-corrected chi connectivity index (χ3v) is 8.51. The second kappa shape index (κ2) is 14.5. The summed E-state index contributed by atoms with van der Waals surface area (Å²) >= 11 is 18.9. The molecule has 230 valence electrons. The molecule has 7 nitrogen and oxygen atoms in total. The van der Waals surface area contributed by atoms with Crippen molar-refractivity contribution in [3.05, 3.63) is 62.6 Å². The van der Waals surface area contributed by atoms with E-state index in [2.05, 4.69) is 23.2 Å². The quantitative estimate of drug-likeness (QED) is 0.311. The van der Waals surface area contributed by atoms with E-state index < -0.39 is 17.7 Å². The maximum Gasteiger partial charge on any atom is 0.408 e. The Morgan fingerprint density at radius 3 is 2.26 bits per heavy atom. The molecule has 2 saturated heterocycles. The molecule has 0 saturated carbocycles. The standard InChI is InChI=1S/C32H42Cl3N3O4/c1-21(20-37-13-5-6-14-37)41-29-19-25(34)9-10-26(29)22-11-15-38(16-12-22)30(39)28(36-31(40)42-32(2,3)4)17-23-7-8-24(33)18-27(23)35/h7-10,18-19,21-22,28H,5-6,11-17,20H2,1-4H3,(H,36,40)/t21?,28-/m1/s1. The van der Waals surface area contributed by atoms with Gasteiger partial charge < -0.3 is 19.7 Å². The fraction of sp³-hybridized carbons (Fsp3) is 0.562. The molecule has 2 aliphatic rings. The van der Waals surface area contributed by atoms with Gasteiger partial charge in [-0.1, -0.05) is 46.9 Å². The first-order chi connectivity index (χ1) is 19.9. The van der Waals surface area contributed by atoms with Crippen LogP contribution in [0.4, 0.5) is 4.79 Å². The van der Waals surface area contributed by atoms with Crippen LogP contribution in [0.5, 0.6) is 5.75 Å². The highest BCUT2D eigenvalue weighted by molar-refractivity contribution is 6.35. The minimum Gasteiger partial charge on any atom is -0.489 e. The van der Waals surface area contributed by atoms with E-state index in [0.29, 0.717) is 28.2 Å². The number of alkyl carbamates (subject to hydrolysis) is 1. The Bertz CT molecular complexity index is 1240. The van der Waals surface area contributed by atoms with E-state index in [9.17, 15) is 9.59 Å². The summed E-state index contributed by atoms with van der Waals surface area (Å²) in [4.78, 5) is 30.7. The lowest BCUT2D eigenvalue weighted by Gasteiger charge is -2.35. The Morgan fingerprint density at radius 2 is 1.62 bits per heavy atom. The van der Waals surface area contributed by atoms with Crippen molar-refractivity contribution in [3.63, 3.8) is 0 Å². The molecule has 1 unspecified atom stereocenters. The van der Waals surface area contributed by atoms with Gasteiger partial charge in [0.25, 0.3) is 0 Å². The van der Waals surface area contributed by atoms with E-state index in [1.54, 1.807) is 39.0 Å². The minimum absolute atomic E-state index is 0.0429. The maximum atomic E-state index is 13.8. The van der Waals surface area contributed by atoms with Crippen LogP contribution in [0.2, 0.25) is 15.1 Å². The van der Waals surface area contributed by atoms with Gasteiger partial charge in [0, 0.05) is 41.1 Å². The molecule has 1 N–H and O–H groups in total. The normalized spacial score (nSPS) is 18.0. The number of hydrogen-bond donors (Lipinski definition) is 1. The molecule has 2 aromatic rings. The van der Waals surface area contributed by atoms with E-state index in [1.807, 2.05) is 17.0 Å². The summed E-state index contributed by atoms with van der Waals surface area (Å²) in [6, 6.07) is 10.2. The Labute approximate surface area is 264 Å². The monoisotopic (exact) mass is 637 g/mol. The van der Waals surface area contributed by atoms with E-state index in [4.69, 9.17) is 44.3 Å². The van der Waals surface area contributed by atoms with Crippen LogP contribution in [0.1, 0.15) is 70.4 Å². The molecule has 10 heteroatoms. The number of amides is 2. The zero-order valence-corrected chi connectivity index (χ0v) is 27.2. The molecular weight excluding hydrogens is 597 g/mol. The van der Waals surface area contributed by atoms with Crippen molar-refractivity contribution in [2.75, 3.05) is 32.7 Å². The average Bonchev–Trinajstić information content (AvgIpc) is 3.41. The van der Waals surface area contributed by atoms with Gasteiger partial charge in [0.1, 0.15) is 23.5 Å². The molecule has 2 fully saturated rings. The Hall–Kier alpha value is -2.19. The number of ether oxygens (including phenoxy) is 2. The second-order valence-electron chi connectivity index (χ2n) is 12.4. The molecule has 4 rings (SSSR count). The number of benzene rings is 2. The smallest absolute Gasteiger partial charge is 0.408 e. The van der Waals surface area contributed by atoms with Crippen molar-refractivity contribution in [3.8, 4) is 5.75 Å². The molecule has 42 heavy (non-hydrogen) atoms. The molecule has 0 radical (unpaired) electrons. The van der Waals surface area contributed by atoms with Crippen LogP contribution in [0.25, 0.3) is 0 Å². The van der Waals surface area contributed by atoms with Gasteiger partial charge in [0.15, 0.2) is 0 Å². The van der Waals surface area contributed by atoms with E-state index in [1.165, 1.54) is 12.8 Å². The molecule has 0 spiro atoms. The molecule has 2 heterocycles. The molecule has 2 amide bonds. The van der Waals surface area contributed by atoms with Crippen LogP contribution in [-0.2, 0) is 16.0 Å². The van der Waals surface area contributed by atoms with Crippen molar-refractivity contribution < 1.29 is 19.1 Å². The number of nitrogens with zero attached hydrogens (tertiary/aromatic N) is 2. The molecular formula is C32H42Cl3N3O4. The number of halogens is 3. The zero-order chi connectivity index (χ0) is 30.4. The number of carbonyl (C=O) groups excluding carboxylic acids is 2. The predicted octanol–water partition coefficient (Wildman–Crippen LogP) is 7.35. The summed E-state index contributed by atoms with van der Waals surface area (Å²) < 4.78 is 11.9. The van der Waals surface area contributed by atoms with Gasteiger partial charge in [-0.05, 0) is 108 Å². The molecule has 0 aliphatic carbocycles. The highest BCUT2D eigenvalue weighted by Gasteiger charge is 2.32. The lowest BCUT2D eigenvalue weighted by atomic mass is 9.88. The van der Waals surface area contributed by atoms with Gasteiger partial charge in [0.05, 0.1) is 0 Å². The van der Waals surface area contributed by atoms with E-state index in [0.717, 1.165) is 49.4 Å². The van der Waals surface area contributed by atoms with Crippen LogP contribution in [0, 0.1) is 0 Å². The summed E-state index contributed by atoms with van der Waals surface area (Å²) in [5.74, 6) is 0.876. The molecule has 2 atom stereocenters. The number of carbonyl (C=O) groups is 2. The Kier molecular flexibility index (Phi) is 11.3. The number of rotatable bonds is 9. The number of piperidine rings is 1. The van der Waals surface area contributed by atoms with Crippen molar-refractivity contribution >= 4 is 46.8 Å². The van der Waals surface area contributed by atoms with Gasteiger partial charge in [-0.2, -0.15) is 0 Å². The molecule has 2 aromatic carbocycles. The Morgan fingerprint density at radius 1 is 0.976 bits per heavy atom. The number of likely N-dealkylation sites (tertiary alicyclic amines) is 2. The lowest BCUT2D eigenvalue weighted by Crippen LogP contribution is -2.52. The average molecular weight is 639 g/mol. The van der Waals surface area contributed by atoms with Gasteiger partial charge in [-0.15, -0.1) is 0 Å². The first-order valence-corrected chi connectivity index (χ1v) is 15.9. The van der Waals surface area contributed by atoms with Crippen LogP contribution < -0.4 is 10.1 Å². The van der Waals surface area contributed by atoms with Crippen LogP contribution in [0.3, 0.4) is 0 Å². The summed E-state index contributed by atoms with van der Waals surface area (Å²) in [5.41, 5.74) is 1.14. The third kappa shape index (κ3) is 9.40. The largest absolute Gasteiger partial charge is 0.489 e. The zero-order valence-electron chi connectivity index (χ0n) is 24.9. The van der Waals surface area contributed by atoms with Gasteiger partial charge in [-0.25, -0.2) is 4.79 Å². The van der Waals surface area contributed by atoms with Crippen molar-refractivity contribution in [1.29, 1.82) is 0 Å². The number of hydrogen-bond acceptors (Lipinski definition) is 5. The van der Waals surface area contributed by atoms with Crippen molar-refractivity contribution in [2.45, 2.75) is 83.5 Å². The summed E-state index contributed by atoms with van der Waals surface area (Å²) in [7, 11) is 0. The topological polar surface area (TPSA) is 71.1 Å². The lowest BCUT2D eigenvalue weighted by molar-refractivity contribution is -0.134. The predicted molar refractivity (Wildman–Crippen MR) is 169 cm³/mol. The fourth-order valence-corrected chi connectivity index (χ4v) is 6.37. The van der Waals surface area contributed by atoms with Crippen molar-refractivity contribution in [2.24, 2.45) is 0 Å². The number of nitrogens with one attached hydrogen (secondary N) is 1.